The van der Waals surface area contributed by atoms with E-state index in [9.17, 15) is 4.79 Å². The number of esters is 1. The summed E-state index contributed by atoms with van der Waals surface area (Å²) in [5.74, 6) is 0.304. The van der Waals surface area contributed by atoms with Crippen LogP contribution in [-0.2, 0) is 16.1 Å². The molecule has 5 nitrogen and oxygen atoms in total. The van der Waals surface area contributed by atoms with Gasteiger partial charge in [-0.1, -0.05) is 41.9 Å². The highest BCUT2D eigenvalue weighted by Crippen LogP contribution is 2.24. The number of nitrogens with two attached hydrogens (primary N) is 1. The summed E-state index contributed by atoms with van der Waals surface area (Å²) in [5, 5.41) is 0.673. The molecule has 0 spiro atoms. The van der Waals surface area contributed by atoms with Crippen LogP contribution in [0.2, 0.25) is 5.02 Å². The Hall–Kier alpha value is -2.63. The lowest BCUT2D eigenvalue weighted by Crippen LogP contribution is -2.16. The number of nitrogens with zero attached hydrogens (tertiary/aromatic N) is 1. The van der Waals surface area contributed by atoms with E-state index in [2.05, 4.69) is 9.97 Å². The van der Waals surface area contributed by atoms with E-state index in [0.29, 0.717) is 5.02 Å². The van der Waals surface area contributed by atoms with Gasteiger partial charge < -0.3 is 15.5 Å². The second kappa shape index (κ2) is 7.29. The predicted octanol–water partition coefficient (Wildman–Crippen LogP) is 3.40. The van der Waals surface area contributed by atoms with Crippen LogP contribution in [0, 0.1) is 0 Å². The van der Waals surface area contributed by atoms with Crippen LogP contribution in [-0.4, -0.2) is 22.5 Å². The Morgan fingerprint density at radius 1 is 1.17 bits per heavy atom. The number of imidazole rings is 1. The molecule has 24 heavy (non-hydrogen) atoms. The summed E-state index contributed by atoms with van der Waals surface area (Å²) < 4.78 is 5.05. The molecule has 0 fully saturated rings. The molecule has 122 valence electrons. The number of halogens is 1. The molecule has 3 aromatic rings. The molecule has 0 radical (unpaired) electrons. The normalized spacial score (nSPS) is 10.6. The Labute approximate surface area is 144 Å². The monoisotopic (exact) mass is 341 g/mol. The van der Waals surface area contributed by atoms with Crippen molar-refractivity contribution in [1.29, 1.82) is 0 Å². The third-order valence-electron chi connectivity index (χ3n) is 3.48. The first-order chi connectivity index (χ1) is 11.7. The van der Waals surface area contributed by atoms with Gasteiger partial charge in [-0.3, -0.25) is 4.79 Å². The zero-order valence-electron chi connectivity index (χ0n) is 12.8. The summed E-state index contributed by atoms with van der Waals surface area (Å²) in [6.45, 7) is 0.0621. The molecular weight excluding hydrogens is 326 g/mol. The molecule has 1 heterocycles. The summed E-state index contributed by atoms with van der Waals surface area (Å²) in [7, 11) is 0. The maximum Gasteiger partial charge on any atom is 0.320 e. The molecular formula is C18H16ClN3O2. The maximum absolute atomic E-state index is 11.2. The van der Waals surface area contributed by atoms with E-state index in [0.717, 1.165) is 28.2 Å². The van der Waals surface area contributed by atoms with Crippen molar-refractivity contribution in [2.75, 3.05) is 6.54 Å². The number of aromatic amines is 1. The molecule has 0 unspecified atom stereocenters. The number of hydrogen-bond acceptors (Lipinski definition) is 4. The highest BCUT2D eigenvalue weighted by atomic mass is 35.5. The van der Waals surface area contributed by atoms with Crippen molar-refractivity contribution in [1.82, 2.24) is 9.97 Å². The van der Waals surface area contributed by atoms with Crippen LogP contribution in [0.25, 0.3) is 22.6 Å². The van der Waals surface area contributed by atoms with E-state index in [-0.39, 0.29) is 13.2 Å². The molecule has 0 saturated carbocycles. The lowest BCUT2D eigenvalue weighted by Gasteiger charge is -2.05. The van der Waals surface area contributed by atoms with Crippen molar-refractivity contribution >= 4 is 17.6 Å². The maximum atomic E-state index is 11.2. The van der Waals surface area contributed by atoms with Gasteiger partial charge in [0.15, 0.2) is 0 Å². The van der Waals surface area contributed by atoms with Gasteiger partial charge in [-0.15, -0.1) is 0 Å². The van der Waals surface area contributed by atoms with Crippen molar-refractivity contribution in [2.45, 2.75) is 6.61 Å². The van der Waals surface area contributed by atoms with E-state index in [4.69, 9.17) is 22.1 Å². The average molecular weight is 342 g/mol. The van der Waals surface area contributed by atoms with Gasteiger partial charge in [0.25, 0.3) is 0 Å². The molecule has 6 heteroatoms. The number of carbonyl (C=O) groups excluding carboxylic acids is 1. The first kappa shape index (κ1) is 16.2. The van der Waals surface area contributed by atoms with Crippen LogP contribution in [0.4, 0.5) is 0 Å². The smallest absolute Gasteiger partial charge is 0.320 e. The molecule has 0 aliphatic rings. The van der Waals surface area contributed by atoms with E-state index in [1.54, 1.807) is 6.20 Å². The van der Waals surface area contributed by atoms with E-state index >= 15 is 0 Å². The van der Waals surface area contributed by atoms with Gasteiger partial charge in [0.1, 0.15) is 12.4 Å². The zero-order chi connectivity index (χ0) is 16.9. The standard InChI is InChI=1S/C18H16ClN3O2/c19-15-6-2-4-13(8-15)16-10-21-18(22-16)14-5-1-3-12(7-14)11-24-17(23)9-20/h1-8,10H,9,11,20H2,(H,21,22). The van der Waals surface area contributed by atoms with Gasteiger partial charge in [0.2, 0.25) is 0 Å². The Kier molecular flexibility index (Phi) is 4.93. The number of rotatable bonds is 5. The zero-order valence-corrected chi connectivity index (χ0v) is 13.6. The molecule has 3 rings (SSSR count). The fourth-order valence-corrected chi connectivity index (χ4v) is 2.49. The van der Waals surface area contributed by atoms with Crippen molar-refractivity contribution in [2.24, 2.45) is 5.73 Å². The fraction of sp³-hybridized carbons (Fsp3) is 0.111. The van der Waals surface area contributed by atoms with Gasteiger partial charge in [-0.05, 0) is 23.8 Å². The summed E-state index contributed by atoms with van der Waals surface area (Å²) in [5.41, 5.74) is 8.85. The highest BCUT2D eigenvalue weighted by Gasteiger charge is 2.07. The summed E-state index contributed by atoms with van der Waals surface area (Å²) in [6, 6.07) is 15.2. The van der Waals surface area contributed by atoms with Gasteiger partial charge in [0, 0.05) is 16.1 Å². The second-order valence-corrected chi connectivity index (χ2v) is 5.66. The average Bonchev–Trinajstić information content (AvgIpc) is 3.10. The highest BCUT2D eigenvalue weighted by molar-refractivity contribution is 6.30. The largest absolute Gasteiger partial charge is 0.460 e. The van der Waals surface area contributed by atoms with E-state index in [1.807, 2.05) is 48.5 Å². The lowest BCUT2D eigenvalue weighted by atomic mass is 10.1. The minimum absolute atomic E-state index is 0.124. The second-order valence-electron chi connectivity index (χ2n) is 5.22. The molecule has 0 aliphatic carbocycles. The SMILES string of the molecule is NCC(=O)OCc1cccc(-c2ncc(-c3cccc(Cl)c3)[nH]2)c1. The van der Waals surface area contributed by atoms with Gasteiger partial charge in [-0.25, -0.2) is 4.98 Å². The molecule has 0 atom stereocenters. The Bertz CT molecular complexity index is 861. The van der Waals surface area contributed by atoms with Gasteiger partial charge in [0.05, 0.1) is 18.4 Å². The Balaban J connectivity index is 1.81. The molecule has 2 aromatic carbocycles. The number of H-pyrrole nitrogens is 1. The molecule has 3 N–H and O–H groups in total. The number of ether oxygens (including phenoxy) is 1. The van der Waals surface area contributed by atoms with Crippen LogP contribution < -0.4 is 5.73 Å². The Morgan fingerprint density at radius 3 is 2.75 bits per heavy atom. The van der Waals surface area contributed by atoms with Gasteiger partial charge >= 0.3 is 5.97 Å². The molecule has 0 aliphatic heterocycles. The summed E-state index contributed by atoms with van der Waals surface area (Å²) in [6.07, 6.45) is 1.77. The van der Waals surface area contributed by atoms with Crippen LogP contribution in [0.3, 0.4) is 0 Å². The minimum atomic E-state index is -0.429. The molecule has 0 amide bonds. The van der Waals surface area contributed by atoms with Crippen molar-refractivity contribution < 1.29 is 9.53 Å². The van der Waals surface area contributed by atoms with Crippen LogP contribution in [0.1, 0.15) is 5.56 Å². The summed E-state index contributed by atoms with van der Waals surface area (Å²) >= 11 is 6.03. The van der Waals surface area contributed by atoms with E-state index < -0.39 is 5.97 Å². The third-order valence-corrected chi connectivity index (χ3v) is 3.71. The van der Waals surface area contributed by atoms with Crippen LogP contribution in [0.5, 0.6) is 0 Å². The van der Waals surface area contributed by atoms with Crippen molar-refractivity contribution in [3.8, 4) is 22.6 Å². The van der Waals surface area contributed by atoms with Crippen molar-refractivity contribution in [3.05, 3.63) is 65.3 Å². The van der Waals surface area contributed by atoms with E-state index in [1.165, 1.54) is 0 Å². The first-order valence-corrected chi connectivity index (χ1v) is 7.79. The van der Waals surface area contributed by atoms with Crippen molar-refractivity contribution in [3.63, 3.8) is 0 Å². The molecule has 0 bridgehead atoms. The number of benzene rings is 2. The fourth-order valence-electron chi connectivity index (χ4n) is 2.30. The first-order valence-electron chi connectivity index (χ1n) is 7.41. The third kappa shape index (κ3) is 3.82. The molecule has 0 saturated heterocycles. The minimum Gasteiger partial charge on any atom is -0.460 e. The number of nitrogens with one attached hydrogen (secondary N) is 1. The topological polar surface area (TPSA) is 81.0 Å². The lowest BCUT2D eigenvalue weighted by molar-refractivity contribution is -0.143. The number of carbonyl (C=O) groups is 1. The number of aromatic nitrogens is 2. The molecule has 1 aromatic heterocycles. The summed E-state index contributed by atoms with van der Waals surface area (Å²) in [4.78, 5) is 18.8. The number of hydrogen-bond donors (Lipinski definition) is 2. The quantitative estimate of drug-likeness (QED) is 0.697. The van der Waals surface area contributed by atoms with Crippen LogP contribution >= 0.6 is 11.6 Å². The van der Waals surface area contributed by atoms with Gasteiger partial charge in [-0.2, -0.15) is 0 Å². The van der Waals surface area contributed by atoms with Crippen LogP contribution in [0.15, 0.2) is 54.7 Å². The predicted molar refractivity (Wildman–Crippen MR) is 93.3 cm³/mol. The Morgan fingerprint density at radius 2 is 1.96 bits per heavy atom.